The number of benzene rings is 1. The van der Waals surface area contributed by atoms with Gasteiger partial charge < -0.3 is 5.32 Å². The van der Waals surface area contributed by atoms with Crippen LogP contribution in [0.2, 0.25) is 0 Å². The van der Waals surface area contributed by atoms with Gasteiger partial charge in [-0.2, -0.15) is 0 Å². The highest BCUT2D eigenvalue weighted by Gasteiger charge is 2.48. The lowest BCUT2D eigenvalue weighted by Crippen LogP contribution is -2.29. The molecule has 0 spiro atoms. The molecule has 0 saturated heterocycles. The number of fused-ring (bicyclic) bond motifs is 1. The highest BCUT2D eigenvalue weighted by atomic mass is 14.9. The summed E-state index contributed by atoms with van der Waals surface area (Å²) in [5.74, 6) is 2.98. The van der Waals surface area contributed by atoms with Gasteiger partial charge in [0.15, 0.2) is 0 Å². The van der Waals surface area contributed by atoms with Crippen LogP contribution in [0.15, 0.2) is 6.07 Å². The molecule has 2 saturated carbocycles. The maximum Gasteiger partial charge on any atom is 0.0354 e. The van der Waals surface area contributed by atoms with Crippen molar-refractivity contribution in [1.82, 2.24) is 5.32 Å². The Morgan fingerprint density at radius 3 is 2.05 bits per heavy atom. The SMILES string of the molecule is CCNC(c1c(C)c(C)cc(C)c1C)C1CC2CC2C1. The van der Waals surface area contributed by atoms with Crippen molar-refractivity contribution in [2.75, 3.05) is 6.54 Å². The van der Waals surface area contributed by atoms with Gasteiger partial charge in [0, 0.05) is 6.04 Å². The lowest BCUT2D eigenvalue weighted by Gasteiger charge is -2.30. The molecule has 2 aliphatic rings. The first-order valence-electron chi connectivity index (χ1n) is 8.33. The molecule has 1 aromatic rings. The Balaban J connectivity index is 1.98. The van der Waals surface area contributed by atoms with Crippen molar-refractivity contribution >= 4 is 0 Å². The molecule has 20 heavy (non-hydrogen) atoms. The van der Waals surface area contributed by atoms with E-state index in [-0.39, 0.29) is 0 Å². The van der Waals surface area contributed by atoms with Gasteiger partial charge in [-0.3, -0.25) is 0 Å². The average Bonchev–Trinajstić information content (AvgIpc) is 3.02. The summed E-state index contributed by atoms with van der Waals surface area (Å²) in [5, 5.41) is 3.82. The average molecular weight is 271 g/mol. The third kappa shape index (κ3) is 2.30. The van der Waals surface area contributed by atoms with Crippen LogP contribution in [0.1, 0.15) is 60.0 Å². The van der Waals surface area contributed by atoms with Crippen LogP contribution in [0.5, 0.6) is 0 Å². The predicted molar refractivity (Wildman–Crippen MR) is 86.1 cm³/mol. The molecule has 1 nitrogen and oxygen atoms in total. The molecule has 0 amide bonds. The number of nitrogens with one attached hydrogen (secondary N) is 1. The molecule has 0 aromatic heterocycles. The minimum atomic E-state index is 0.575. The Morgan fingerprint density at radius 1 is 1.00 bits per heavy atom. The van der Waals surface area contributed by atoms with Gasteiger partial charge in [0.1, 0.15) is 0 Å². The fraction of sp³-hybridized carbons (Fsp3) is 0.684. The standard InChI is InChI=1S/C19H29N/c1-6-20-19(17-9-15-8-16(15)10-17)18-13(4)11(2)7-12(3)14(18)5/h7,15-17,19-20H,6,8-10H2,1-5H3. The topological polar surface area (TPSA) is 12.0 Å². The molecule has 110 valence electrons. The van der Waals surface area contributed by atoms with E-state index in [1.807, 2.05) is 0 Å². The van der Waals surface area contributed by atoms with Gasteiger partial charge in [0.2, 0.25) is 0 Å². The largest absolute Gasteiger partial charge is 0.310 e. The summed E-state index contributed by atoms with van der Waals surface area (Å²) >= 11 is 0. The maximum atomic E-state index is 3.82. The summed E-state index contributed by atoms with van der Waals surface area (Å²) in [6.45, 7) is 12.5. The molecule has 2 aliphatic carbocycles. The van der Waals surface area contributed by atoms with E-state index in [0.29, 0.717) is 6.04 Å². The zero-order valence-electron chi connectivity index (χ0n) is 13.7. The molecule has 2 fully saturated rings. The van der Waals surface area contributed by atoms with Gasteiger partial charge in [-0.05, 0) is 99.1 Å². The summed E-state index contributed by atoms with van der Waals surface area (Å²) in [6, 6.07) is 2.93. The third-order valence-electron chi connectivity index (χ3n) is 5.91. The Kier molecular flexibility index (Phi) is 3.66. The first-order chi connectivity index (χ1) is 9.52. The Labute approximate surface area is 124 Å². The molecule has 3 unspecified atom stereocenters. The number of aryl methyl sites for hydroxylation is 2. The van der Waals surface area contributed by atoms with E-state index in [1.165, 1.54) is 41.5 Å². The Hall–Kier alpha value is -0.820. The van der Waals surface area contributed by atoms with Crippen LogP contribution in [-0.4, -0.2) is 6.54 Å². The van der Waals surface area contributed by atoms with Crippen molar-refractivity contribution < 1.29 is 0 Å². The van der Waals surface area contributed by atoms with E-state index in [4.69, 9.17) is 0 Å². The molecule has 1 N–H and O–H groups in total. The molecule has 0 bridgehead atoms. The fourth-order valence-corrected chi connectivity index (χ4v) is 4.47. The predicted octanol–water partition coefficient (Wildman–Crippen LogP) is 4.62. The van der Waals surface area contributed by atoms with E-state index in [0.717, 1.165) is 24.3 Å². The van der Waals surface area contributed by atoms with Gasteiger partial charge in [0.25, 0.3) is 0 Å². The molecule has 0 aliphatic heterocycles. The zero-order valence-corrected chi connectivity index (χ0v) is 13.7. The first-order valence-corrected chi connectivity index (χ1v) is 8.33. The lowest BCUT2D eigenvalue weighted by molar-refractivity contribution is 0.344. The Morgan fingerprint density at radius 2 is 1.55 bits per heavy atom. The van der Waals surface area contributed by atoms with E-state index >= 15 is 0 Å². The molecule has 3 atom stereocenters. The van der Waals surface area contributed by atoms with E-state index in [2.05, 4.69) is 46.0 Å². The van der Waals surface area contributed by atoms with Crippen LogP contribution in [-0.2, 0) is 0 Å². The smallest absolute Gasteiger partial charge is 0.0354 e. The summed E-state index contributed by atoms with van der Waals surface area (Å²) in [6.07, 6.45) is 4.42. The molecule has 1 heteroatoms. The van der Waals surface area contributed by atoms with E-state index in [9.17, 15) is 0 Å². The highest BCUT2D eigenvalue weighted by Crippen LogP contribution is 2.57. The zero-order chi connectivity index (χ0) is 14.4. The molecule has 3 rings (SSSR count). The summed E-state index contributed by atoms with van der Waals surface area (Å²) in [5.41, 5.74) is 7.54. The molecular weight excluding hydrogens is 242 g/mol. The first kappa shape index (κ1) is 14.1. The summed E-state index contributed by atoms with van der Waals surface area (Å²) in [4.78, 5) is 0. The van der Waals surface area contributed by atoms with Gasteiger partial charge in [-0.1, -0.05) is 13.0 Å². The van der Waals surface area contributed by atoms with Gasteiger partial charge in [0.05, 0.1) is 0 Å². The number of hydrogen-bond acceptors (Lipinski definition) is 1. The number of hydrogen-bond donors (Lipinski definition) is 1. The third-order valence-corrected chi connectivity index (χ3v) is 5.91. The van der Waals surface area contributed by atoms with Gasteiger partial charge in [-0.25, -0.2) is 0 Å². The van der Waals surface area contributed by atoms with Crippen molar-refractivity contribution in [2.24, 2.45) is 17.8 Å². The van der Waals surface area contributed by atoms with Crippen LogP contribution in [0.3, 0.4) is 0 Å². The van der Waals surface area contributed by atoms with E-state index in [1.54, 1.807) is 5.56 Å². The minimum Gasteiger partial charge on any atom is -0.310 e. The van der Waals surface area contributed by atoms with Gasteiger partial charge >= 0.3 is 0 Å². The highest BCUT2D eigenvalue weighted by molar-refractivity contribution is 5.46. The molecular formula is C19H29N. The Bertz CT molecular complexity index is 481. The van der Waals surface area contributed by atoms with Crippen molar-refractivity contribution in [1.29, 1.82) is 0 Å². The van der Waals surface area contributed by atoms with E-state index < -0.39 is 0 Å². The van der Waals surface area contributed by atoms with Crippen molar-refractivity contribution in [3.05, 3.63) is 33.9 Å². The second-order valence-electron chi connectivity index (χ2n) is 7.20. The summed E-state index contributed by atoms with van der Waals surface area (Å²) < 4.78 is 0. The lowest BCUT2D eigenvalue weighted by atomic mass is 9.82. The van der Waals surface area contributed by atoms with Crippen LogP contribution in [0, 0.1) is 45.4 Å². The molecule has 0 radical (unpaired) electrons. The fourth-order valence-electron chi connectivity index (χ4n) is 4.47. The van der Waals surface area contributed by atoms with Crippen molar-refractivity contribution in [3.63, 3.8) is 0 Å². The summed E-state index contributed by atoms with van der Waals surface area (Å²) in [7, 11) is 0. The molecule has 1 aromatic carbocycles. The quantitative estimate of drug-likeness (QED) is 0.842. The molecule has 0 heterocycles. The minimum absolute atomic E-state index is 0.575. The van der Waals surface area contributed by atoms with Gasteiger partial charge in [-0.15, -0.1) is 0 Å². The monoisotopic (exact) mass is 271 g/mol. The van der Waals surface area contributed by atoms with Crippen molar-refractivity contribution in [3.8, 4) is 0 Å². The van der Waals surface area contributed by atoms with Crippen LogP contribution in [0.25, 0.3) is 0 Å². The second-order valence-corrected chi connectivity index (χ2v) is 7.20. The van der Waals surface area contributed by atoms with Crippen LogP contribution < -0.4 is 5.32 Å². The van der Waals surface area contributed by atoms with Crippen molar-refractivity contribution in [2.45, 2.75) is 59.9 Å². The second kappa shape index (κ2) is 5.18. The normalized spacial score (nSPS) is 29.4. The number of rotatable bonds is 4. The van der Waals surface area contributed by atoms with Crippen LogP contribution in [0.4, 0.5) is 0 Å². The maximum absolute atomic E-state index is 3.82. The van der Waals surface area contributed by atoms with Crippen LogP contribution >= 0.6 is 0 Å².